The number of anilines is 1. The normalized spacial score (nSPS) is 14.9. The SMILES string of the molecule is COc1ccc(S(=O)(=O)N2CCCCC2)cc1NC(=O)CCC(=O)c1cc(C)sc1C. The van der Waals surface area contributed by atoms with Crippen LogP contribution in [-0.2, 0) is 14.8 Å². The van der Waals surface area contributed by atoms with Crippen LogP contribution in [0.2, 0.25) is 0 Å². The third-order valence-electron chi connectivity index (χ3n) is 5.32. The van der Waals surface area contributed by atoms with Crippen molar-refractivity contribution in [1.29, 1.82) is 0 Å². The summed E-state index contributed by atoms with van der Waals surface area (Å²) in [5.74, 6) is -0.0873. The molecule has 1 N–H and O–H groups in total. The van der Waals surface area contributed by atoms with Crippen molar-refractivity contribution in [2.45, 2.75) is 50.8 Å². The van der Waals surface area contributed by atoms with E-state index < -0.39 is 10.0 Å². The lowest BCUT2D eigenvalue weighted by atomic mass is 10.1. The smallest absolute Gasteiger partial charge is 0.243 e. The monoisotopic (exact) mass is 464 g/mol. The number of nitrogens with one attached hydrogen (secondary N) is 1. The Morgan fingerprint density at radius 1 is 1.10 bits per heavy atom. The number of ether oxygens (including phenoxy) is 1. The number of sulfonamides is 1. The van der Waals surface area contributed by atoms with Gasteiger partial charge in [-0.1, -0.05) is 6.42 Å². The zero-order valence-corrected chi connectivity index (χ0v) is 19.7. The van der Waals surface area contributed by atoms with Crippen molar-refractivity contribution in [3.8, 4) is 5.75 Å². The Balaban J connectivity index is 1.71. The highest BCUT2D eigenvalue weighted by molar-refractivity contribution is 7.89. The lowest BCUT2D eigenvalue weighted by Gasteiger charge is -2.26. The van der Waals surface area contributed by atoms with Crippen LogP contribution in [-0.4, -0.2) is 44.6 Å². The number of carbonyl (C=O) groups excluding carboxylic acids is 2. The van der Waals surface area contributed by atoms with E-state index in [1.54, 1.807) is 11.3 Å². The van der Waals surface area contributed by atoms with Crippen LogP contribution < -0.4 is 10.1 Å². The Bertz CT molecular complexity index is 1070. The summed E-state index contributed by atoms with van der Waals surface area (Å²) in [4.78, 5) is 27.0. The van der Waals surface area contributed by atoms with E-state index in [1.807, 2.05) is 19.9 Å². The maximum absolute atomic E-state index is 13.0. The van der Waals surface area contributed by atoms with E-state index in [0.29, 0.717) is 24.4 Å². The van der Waals surface area contributed by atoms with E-state index in [-0.39, 0.29) is 35.1 Å². The number of rotatable bonds is 8. The standard InChI is InChI=1S/C22H28N2O5S2/c1-15-13-18(16(2)30-15)20(25)8-10-22(26)23-19-14-17(7-9-21(19)29-3)31(27,28)24-11-5-4-6-12-24/h7,9,13-14H,4-6,8,10-12H2,1-3H3,(H,23,26). The first-order valence-electron chi connectivity index (χ1n) is 10.3. The Morgan fingerprint density at radius 2 is 1.81 bits per heavy atom. The van der Waals surface area contributed by atoms with Gasteiger partial charge in [-0.3, -0.25) is 9.59 Å². The molecule has 2 heterocycles. The summed E-state index contributed by atoms with van der Waals surface area (Å²) in [5.41, 5.74) is 0.933. The van der Waals surface area contributed by atoms with Gasteiger partial charge < -0.3 is 10.1 Å². The van der Waals surface area contributed by atoms with Gasteiger partial charge in [-0.2, -0.15) is 4.31 Å². The average molecular weight is 465 g/mol. The van der Waals surface area contributed by atoms with Crippen LogP contribution in [0.1, 0.15) is 52.2 Å². The third-order valence-corrected chi connectivity index (χ3v) is 8.18. The number of hydrogen-bond donors (Lipinski definition) is 1. The number of ketones is 1. The minimum Gasteiger partial charge on any atom is -0.495 e. The molecule has 0 bridgehead atoms. The molecule has 31 heavy (non-hydrogen) atoms. The first kappa shape index (κ1) is 23.4. The molecule has 1 aromatic heterocycles. The van der Waals surface area contributed by atoms with Crippen LogP contribution >= 0.6 is 11.3 Å². The molecule has 1 amide bonds. The molecule has 168 valence electrons. The Hall–Kier alpha value is -2.23. The van der Waals surface area contributed by atoms with Gasteiger partial charge in [0.05, 0.1) is 17.7 Å². The zero-order chi connectivity index (χ0) is 22.6. The predicted molar refractivity (Wildman–Crippen MR) is 122 cm³/mol. The summed E-state index contributed by atoms with van der Waals surface area (Å²) < 4.78 is 32.7. The van der Waals surface area contributed by atoms with Crippen molar-refractivity contribution in [2.24, 2.45) is 0 Å². The van der Waals surface area contributed by atoms with Crippen molar-refractivity contribution in [3.05, 3.63) is 39.6 Å². The summed E-state index contributed by atoms with van der Waals surface area (Å²) in [5, 5.41) is 2.71. The lowest BCUT2D eigenvalue weighted by molar-refractivity contribution is -0.116. The number of benzene rings is 1. The van der Waals surface area contributed by atoms with E-state index in [2.05, 4.69) is 5.32 Å². The molecule has 0 unspecified atom stereocenters. The molecular weight excluding hydrogens is 436 g/mol. The highest BCUT2D eigenvalue weighted by Crippen LogP contribution is 2.30. The molecule has 0 spiro atoms. The van der Waals surface area contributed by atoms with Crippen molar-refractivity contribution in [3.63, 3.8) is 0 Å². The molecule has 1 fully saturated rings. The van der Waals surface area contributed by atoms with Crippen molar-refractivity contribution in [1.82, 2.24) is 4.31 Å². The van der Waals surface area contributed by atoms with E-state index in [4.69, 9.17) is 4.74 Å². The number of thiophene rings is 1. The predicted octanol–water partition coefficient (Wildman–Crippen LogP) is 4.15. The molecule has 0 radical (unpaired) electrons. The highest BCUT2D eigenvalue weighted by atomic mass is 32.2. The zero-order valence-electron chi connectivity index (χ0n) is 18.1. The van der Waals surface area contributed by atoms with Gasteiger partial charge >= 0.3 is 0 Å². The molecule has 1 aliphatic heterocycles. The van der Waals surface area contributed by atoms with Gasteiger partial charge in [0.15, 0.2) is 5.78 Å². The van der Waals surface area contributed by atoms with Crippen LogP contribution in [0.4, 0.5) is 5.69 Å². The van der Waals surface area contributed by atoms with Gasteiger partial charge in [0.1, 0.15) is 5.75 Å². The maximum Gasteiger partial charge on any atom is 0.243 e. The first-order chi connectivity index (χ1) is 14.7. The number of amides is 1. The first-order valence-corrected chi connectivity index (χ1v) is 12.6. The van der Waals surface area contributed by atoms with Crippen molar-refractivity contribution < 1.29 is 22.7 Å². The summed E-state index contributed by atoms with van der Waals surface area (Å²) in [7, 11) is -2.18. The molecule has 1 aliphatic rings. The van der Waals surface area contributed by atoms with Crippen LogP contribution in [0.5, 0.6) is 5.75 Å². The number of methoxy groups -OCH3 is 1. The summed E-state index contributed by atoms with van der Waals surface area (Å²) in [6, 6.07) is 6.30. The van der Waals surface area contributed by atoms with Gasteiger partial charge in [-0.25, -0.2) is 8.42 Å². The fourth-order valence-electron chi connectivity index (χ4n) is 3.68. The Morgan fingerprint density at radius 3 is 2.42 bits per heavy atom. The molecular formula is C22H28N2O5S2. The van der Waals surface area contributed by atoms with Gasteiger partial charge in [-0.15, -0.1) is 11.3 Å². The molecule has 1 saturated heterocycles. The van der Waals surface area contributed by atoms with Gasteiger partial charge in [0, 0.05) is 41.2 Å². The van der Waals surface area contributed by atoms with Gasteiger partial charge in [-0.05, 0) is 51.0 Å². The summed E-state index contributed by atoms with van der Waals surface area (Å²) in [6.45, 7) is 4.84. The second-order valence-corrected chi connectivity index (χ2v) is 11.0. The van der Waals surface area contributed by atoms with Crippen molar-refractivity contribution >= 4 is 38.7 Å². The summed E-state index contributed by atoms with van der Waals surface area (Å²) >= 11 is 1.56. The average Bonchev–Trinajstić information content (AvgIpc) is 3.10. The lowest BCUT2D eigenvalue weighted by Crippen LogP contribution is -2.35. The molecule has 7 nitrogen and oxygen atoms in total. The molecule has 3 rings (SSSR count). The van der Waals surface area contributed by atoms with Crippen LogP contribution in [0.25, 0.3) is 0 Å². The number of piperidine rings is 1. The van der Waals surface area contributed by atoms with E-state index in [9.17, 15) is 18.0 Å². The number of nitrogens with zero attached hydrogens (tertiary/aromatic N) is 1. The molecule has 0 atom stereocenters. The topological polar surface area (TPSA) is 92.8 Å². The molecule has 0 aliphatic carbocycles. The molecule has 0 saturated carbocycles. The quantitative estimate of drug-likeness (QED) is 0.593. The molecule has 9 heteroatoms. The minimum atomic E-state index is -3.64. The second kappa shape index (κ2) is 9.93. The van der Waals surface area contributed by atoms with Crippen LogP contribution in [0.3, 0.4) is 0 Å². The number of Topliss-reactive ketones (excluding diaryl/α,β-unsaturated/α-hetero) is 1. The van der Waals surface area contributed by atoms with E-state index in [1.165, 1.54) is 29.6 Å². The highest BCUT2D eigenvalue weighted by Gasteiger charge is 2.27. The van der Waals surface area contributed by atoms with Gasteiger partial charge in [0.2, 0.25) is 15.9 Å². The number of carbonyl (C=O) groups is 2. The van der Waals surface area contributed by atoms with Crippen molar-refractivity contribution in [2.75, 3.05) is 25.5 Å². The number of aryl methyl sites for hydroxylation is 2. The molecule has 2 aromatic rings. The van der Waals surface area contributed by atoms with Crippen LogP contribution in [0.15, 0.2) is 29.2 Å². The fraction of sp³-hybridized carbons (Fsp3) is 0.455. The Kier molecular flexibility index (Phi) is 7.51. The fourth-order valence-corrected chi connectivity index (χ4v) is 6.17. The largest absolute Gasteiger partial charge is 0.495 e. The number of hydrogen-bond acceptors (Lipinski definition) is 6. The van der Waals surface area contributed by atoms with E-state index >= 15 is 0 Å². The van der Waals surface area contributed by atoms with Crippen LogP contribution in [0, 0.1) is 13.8 Å². The molecule has 1 aromatic carbocycles. The summed E-state index contributed by atoms with van der Waals surface area (Å²) in [6.07, 6.45) is 2.79. The minimum absolute atomic E-state index is 0.000571. The second-order valence-electron chi connectivity index (χ2n) is 7.63. The third kappa shape index (κ3) is 5.53. The van der Waals surface area contributed by atoms with E-state index in [0.717, 1.165) is 29.0 Å². The maximum atomic E-state index is 13.0. The Labute approximate surface area is 187 Å². The van der Waals surface area contributed by atoms with Gasteiger partial charge in [0.25, 0.3) is 0 Å².